The number of aromatic carboxylic acids is 1. The molecule has 0 aliphatic heterocycles. The molecular formula is C12H18O4Si. The molecule has 94 valence electrons. The van der Waals surface area contributed by atoms with Crippen LogP contribution in [0, 0.1) is 0 Å². The molecule has 1 aromatic rings. The summed E-state index contributed by atoms with van der Waals surface area (Å²) < 4.78 is 10.8. The Hall–Kier alpha value is -1.17. The standard InChI is InChI=1S/C12H18O4Si/c1-15-17(3,16-2)9-8-10-4-6-11(7-5-10)12(13)14/h4-7H,8-9H2,1-3H3,(H,13,14). The average Bonchev–Trinajstić information content (AvgIpc) is 2.36. The van der Waals surface area contributed by atoms with Crippen LogP contribution in [0.15, 0.2) is 24.3 Å². The van der Waals surface area contributed by atoms with Gasteiger partial charge in [-0.1, -0.05) is 12.1 Å². The summed E-state index contributed by atoms with van der Waals surface area (Å²) in [7, 11) is 1.31. The minimum atomic E-state index is -2.03. The van der Waals surface area contributed by atoms with Gasteiger partial charge in [0.1, 0.15) is 0 Å². The van der Waals surface area contributed by atoms with Gasteiger partial charge in [-0.15, -0.1) is 0 Å². The Kier molecular flexibility index (Phi) is 4.86. The van der Waals surface area contributed by atoms with Crippen LogP contribution in [-0.2, 0) is 15.3 Å². The van der Waals surface area contributed by atoms with Crippen molar-refractivity contribution in [3.8, 4) is 0 Å². The van der Waals surface area contributed by atoms with Crippen LogP contribution in [0.4, 0.5) is 0 Å². The summed E-state index contributed by atoms with van der Waals surface area (Å²) >= 11 is 0. The summed E-state index contributed by atoms with van der Waals surface area (Å²) in [6.07, 6.45) is 0.838. The Morgan fingerprint density at radius 3 is 2.18 bits per heavy atom. The summed E-state index contributed by atoms with van der Waals surface area (Å²) in [6, 6.07) is 7.77. The van der Waals surface area contributed by atoms with Crippen molar-refractivity contribution in [3.63, 3.8) is 0 Å². The van der Waals surface area contributed by atoms with E-state index in [1.165, 1.54) is 0 Å². The number of carboxylic acid groups (broad SMARTS) is 1. The fourth-order valence-electron chi connectivity index (χ4n) is 1.47. The monoisotopic (exact) mass is 254 g/mol. The first-order valence-electron chi connectivity index (χ1n) is 5.43. The molecule has 0 heterocycles. The maximum absolute atomic E-state index is 10.7. The van der Waals surface area contributed by atoms with Crippen LogP contribution in [0.25, 0.3) is 0 Å². The average molecular weight is 254 g/mol. The number of hydrogen-bond donors (Lipinski definition) is 1. The van der Waals surface area contributed by atoms with E-state index in [4.69, 9.17) is 14.0 Å². The zero-order chi connectivity index (χ0) is 12.9. The fraction of sp³-hybridized carbons (Fsp3) is 0.417. The summed E-state index contributed by atoms with van der Waals surface area (Å²) in [6.45, 7) is 2.01. The smallest absolute Gasteiger partial charge is 0.335 e. The number of carboxylic acids is 1. The van der Waals surface area contributed by atoms with Gasteiger partial charge >= 0.3 is 14.5 Å². The van der Waals surface area contributed by atoms with Gasteiger partial charge in [0.25, 0.3) is 0 Å². The second-order valence-corrected chi connectivity index (χ2v) is 7.63. The SMILES string of the molecule is CO[Si](C)(CCc1ccc(C(=O)O)cc1)OC. The van der Waals surface area contributed by atoms with Gasteiger partial charge in [-0.05, 0) is 36.7 Å². The Labute approximate surface area is 102 Å². The number of hydrogen-bond acceptors (Lipinski definition) is 3. The van der Waals surface area contributed by atoms with E-state index >= 15 is 0 Å². The minimum absolute atomic E-state index is 0.312. The van der Waals surface area contributed by atoms with Crippen LogP contribution in [0.1, 0.15) is 15.9 Å². The summed E-state index contributed by atoms with van der Waals surface area (Å²) in [5, 5.41) is 8.78. The molecule has 0 saturated heterocycles. The molecule has 0 saturated carbocycles. The van der Waals surface area contributed by atoms with Gasteiger partial charge in [-0.2, -0.15) is 0 Å². The number of carbonyl (C=O) groups is 1. The van der Waals surface area contributed by atoms with Crippen LogP contribution < -0.4 is 0 Å². The van der Waals surface area contributed by atoms with E-state index in [0.29, 0.717) is 5.56 Å². The van der Waals surface area contributed by atoms with Crippen molar-refractivity contribution < 1.29 is 18.8 Å². The molecule has 0 fully saturated rings. The first-order chi connectivity index (χ1) is 8.00. The third-order valence-corrected chi connectivity index (χ3v) is 5.82. The fourth-order valence-corrected chi connectivity index (χ4v) is 2.79. The van der Waals surface area contributed by atoms with Crippen molar-refractivity contribution >= 4 is 14.5 Å². The zero-order valence-electron chi connectivity index (χ0n) is 10.4. The molecule has 0 aliphatic rings. The molecule has 0 unspecified atom stereocenters. The lowest BCUT2D eigenvalue weighted by molar-refractivity contribution is 0.0697. The van der Waals surface area contributed by atoms with E-state index in [9.17, 15) is 4.79 Å². The van der Waals surface area contributed by atoms with Gasteiger partial charge in [0.15, 0.2) is 0 Å². The van der Waals surface area contributed by atoms with Gasteiger partial charge in [-0.25, -0.2) is 4.79 Å². The molecule has 1 rings (SSSR count). The second-order valence-electron chi connectivity index (χ2n) is 4.04. The van der Waals surface area contributed by atoms with Gasteiger partial charge in [0.05, 0.1) is 5.56 Å². The normalized spacial score (nSPS) is 11.5. The molecule has 5 heteroatoms. The van der Waals surface area contributed by atoms with E-state index in [-0.39, 0.29) is 0 Å². The van der Waals surface area contributed by atoms with Gasteiger partial charge in [-0.3, -0.25) is 0 Å². The summed E-state index contributed by atoms with van der Waals surface area (Å²) in [4.78, 5) is 10.7. The Morgan fingerprint density at radius 2 is 1.76 bits per heavy atom. The second kappa shape index (κ2) is 5.95. The van der Waals surface area contributed by atoms with Crippen LogP contribution in [-0.4, -0.2) is 33.9 Å². The third-order valence-electron chi connectivity index (χ3n) is 2.93. The van der Waals surface area contributed by atoms with Crippen LogP contribution in [0.5, 0.6) is 0 Å². The van der Waals surface area contributed by atoms with Gasteiger partial charge in [0, 0.05) is 14.2 Å². The summed E-state index contributed by atoms with van der Waals surface area (Å²) in [5.41, 5.74) is 1.41. The van der Waals surface area contributed by atoms with E-state index < -0.39 is 14.5 Å². The lowest BCUT2D eigenvalue weighted by Crippen LogP contribution is -2.36. The zero-order valence-corrected chi connectivity index (χ0v) is 11.4. The van der Waals surface area contributed by atoms with Crippen LogP contribution >= 0.6 is 0 Å². The molecular weight excluding hydrogens is 236 g/mol. The van der Waals surface area contributed by atoms with E-state index in [2.05, 4.69) is 0 Å². The maximum atomic E-state index is 10.7. The van der Waals surface area contributed by atoms with E-state index in [0.717, 1.165) is 18.0 Å². The van der Waals surface area contributed by atoms with Gasteiger partial charge in [0.2, 0.25) is 0 Å². The topological polar surface area (TPSA) is 55.8 Å². The Bertz CT molecular complexity index is 371. The molecule has 0 amide bonds. The molecule has 0 bridgehead atoms. The number of aryl methyl sites for hydroxylation is 1. The highest BCUT2D eigenvalue weighted by Gasteiger charge is 2.27. The molecule has 0 atom stereocenters. The predicted molar refractivity (Wildman–Crippen MR) is 67.5 cm³/mol. The van der Waals surface area contributed by atoms with Crippen LogP contribution in [0.2, 0.25) is 12.6 Å². The molecule has 0 aliphatic carbocycles. The highest BCUT2D eigenvalue weighted by atomic mass is 28.4. The lowest BCUT2D eigenvalue weighted by Gasteiger charge is -2.22. The quantitative estimate of drug-likeness (QED) is 0.791. The Morgan fingerprint density at radius 1 is 1.24 bits per heavy atom. The van der Waals surface area contributed by atoms with Gasteiger partial charge < -0.3 is 14.0 Å². The van der Waals surface area contributed by atoms with Crippen molar-refractivity contribution in [2.75, 3.05) is 14.2 Å². The highest BCUT2D eigenvalue weighted by Crippen LogP contribution is 2.16. The minimum Gasteiger partial charge on any atom is -0.478 e. The first-order valence-corrected chi connectivity index (χ1v) is 7.95. The Balaban J connectivity index is 2.61. The molecule has 1 aromatic carbocycles. The van der Waals surface area contributed by atoms with Crippen molar-refractivity contribution in [1.82, 2.24) is 0 Å². The van der Waals surface area contributed by atoms with Crippen molar-refractivity contribution in [2.24, 2.45) is 0 Å². The maximum Gasteiger partial charge on any atom is 0.335 e. The molecule has 1 N–H and O–H groups in total. The van der Waals surface area contributed by atoms with Crippen LogP contribution in [0.3, 0.4) is 0 Å². The highest BCUT2D eigenvalue weighted by molar-refractivity contribution is 6.65. The molecule has 0 radical (unpaired) electrons. The number of rotatable bonds is 6. The van der Waals surface area contributed by atoms with E-state index in [1.807, 2.05) is 18.7 Å². The molecule has 0 spiro atoms. The molecule has 4 nitrogen and oxygen atoms in total. The first kappa shape index (κ1) is 13.9. The largest absolute Gasteiger partial charge is 0.478 e. The van der Waals surface area contributed by atoms with Crippen molar-refractivity contribution in [1.29, 1.82) is 0 Å². The number of benzene rings is 1. The predicted octanol–water partition coefficient (Wildman–Crippen LogP) is 2.29. The molecule has 17 heavy (non-hydrogen) atoms. The summed E-state index contributed by atoms with van der Waals surface area (Å²) in [5.74, 6) is -0.899. The van der Waals surface area contributed by atoms with Crippen molar-refractivity contribution in [2.45, 2.75) is 19.0 Å². The third kappa shape index (κ3) is 3.96. The van der Waals surface area contributed by atoms with Crippen molar-refractivity contribution in [3.05, 3.63) is 35.4 Å². The molecule has 0 aromatic heterocycles. The lowest BCUT2D eigenvalue weighted by atomic mass is 10.1. The van der Waals surface area contributed by atoms with E-state index in [1.54, 1.807) is 26.4 Å².